The molecule has 3 heteroatoms. The Labute approximate surface area is 148 Å². The van der Waals surface area contributed by atoms with E-state index in [2.05, 4.69) is 32.9 Å². The van der Waals surface area contributed by atoms with Crippen LogP contribution in [0.4, 0.5) is 0 Å². The quantitative estimate of drug-likeness (QED) is 0.562. The molecule has 0 radical (unpaired) electrons. The molecule has 24 heavy (non-hydrogen) atoms. The summed E-state index contributed by atoms with van der Waals surface area (Å²) < 4.78 is 5.83. The highest BCUT2D eigenvalue weighted by molar-refractivity contribution is 6.31. The summed E-state index contributed by atoms with van der Waals surface area (Å²) in [7, 11) is 0. The van der Waals surface area contributed by atoms with E-state index in [0.717, 1.165) is 27.1 Å². The second kappa shape index (κ2) is 6.45. The van der Waals surface area contributed by atoms with E-state index in [0.29, 0.717) is 12.5 Å². The summed E-state index contributed by atoms with van der Waals surface area (Å²) in [6.07, 6.45) is 0. The molecule has 124 valence electrons. The molecule has 2 aromatic carbocycles. The normalized spacial score (nSPS) is 11.7. The molecule has 0 amide bonds. The first-order chi connectivity index (χ1) is 11.4. The van der Waals surface area contributed by atoms with Crippen LogP contribution >= 0.6 is 11.6 Å². The second-order valence-electron chi connectivity index (χ2n) is 6.88. The van der Waals surface area contributed by atoms with Crippen LogP contribution in [0.5, 0.6) is 5.88 Å². The van der Waals surface area contributed by atoms with Gasteiger partial charge in [-0.1, -0.05) is 62.7 Å². The number of pyridine rings is 1. The van der Waals surface area contributed by atoms with E-state index in [9.17, 15) is 0 Å². The fourth-order valence-corrected chi connectivity index (χ4v) is 3.24. The largest absolute Gasteiger partial charge is 0.478 e. The summed E-state index contributed by atoms with van der Waals surface area (Å²) in [5.41, 5.74) is 3.16. The number of fused-ring (bicyclic) bond motifs is 1. The maximum absolute atomic E-state index is 6.31. The zero-order valence-electron chi connectivity index (χ0n) is 14.6. The van der Waals surface area contributed by atoms with E-state index >= 15 is 0 Å². The molecular weight excluding hydrogens is 318 g/mol. The van der Waals surface area contributed by atoms with Gasteiger partial charge in [0.2, 0.25) is 5.88 Å². The first kappa shape index (κ1) is 16.8. The highest BCUT2D eigenvalue weighted by atomic mass is 35.5. The molecule has 0 fully saturated rings. The molecule has 2 nitrogen and oxygen atoms in total. The maximum atomic E-state index is 6.31. The topological polar surface area (TPSA) is 22.1 Å². The van der Waals surface area contributed by atoms with Crippen LogP contribution in [-0.4, -0.2) is 11.6 Å². The first-order valence-corrected chi connectivity index (χ1v) is 8.61. The maximum Gasteiger partial charge on any atom is 0.221 e. The fourth-order valence-electron chi connectivity index (χ4n) is 3.07. The zero-order valence-corrected chi connectivity index (χ0v) is 15.3. The lowest BCUT2D eigenvalue weighted by Gasteiger charge is -2.26. The summed E-state index contributed by atoms with van der Waals surface area (Å²) >= 11 is 6.31. The Hall–Kier alpha value is -2.06. The Bertz CT molecular complexity index is 866. The third kappa shape index (κ3) is 3.11. The Morgan fingerprint density at radius 3 is 2.33 bits per heavy atom. The van der Waals surface area contributed by atoms with Crippen LogP contribution in [0, 0.1) is 0 Å². The van der Waals surface area contributed by atoms with Gasteiger partial charge in [0.15, 0.2) is 0 Å². The van der Waals surface area contributed by atoms with Gasteiger partial charge in [-0.05, 0) is 41.5 Å². The zero-order chi connectivity index (χ0) is 17.3. The molecule has 3 rings (SSSR count). The van der Waals surface area contributed by atoms with Gasteiger partial charge in [-0.2, -0.15) is 0 Å². The molecule has 0 atom stereocenters. The van der Waals surface area contributed by atoms with E-state index in [1.165, 1.54) is 5.56 Å². The van der Waals surface area contributed by atoms with Crippen molar-refractivity contribution in [3.05, 3.63) is 59.1 Å². The number of hydrogen-bond acceptors (Lipinski definition) is 2. The molecule has 0 spiro atoms. The van der Waals surface area contributed by atoms with Crippen LogP contribution < -0.4 is 4.74 Å². The highest BCUT2D eigenvalue weighted by Crippen LogP contribution is 2.41. The van der Waals surface area contributed by atoms with Crippen LogP contribution in [0.2, 0.25) is 5.02 Å². The third-order valence-electron chi connectivity index (χ3n) is 4.01. The lowest BCUT2D eigenvalue weighted by molar-refractivity contribution is 0.331. The minimum atomic E-state index is -0.0775. The van der Waals surface area contributed by atoms with Crippen molar-refractivity contribution in [3.63, 3.8) is 0 Å². The number of benzene rings is 2. The lowest BCUT2D eigenvalue weighted by atomic mass is 9.81. The number of aromatic nitrogens is 1. The second-order valence-corrected chi connectivity index (χ2v) is 7.32. The van der Waals surface area contributed by atoms with Gasteiger partial charge in [-0.15, -0.1) is 0 Å². The minimum Gasteiger partial charge on any atom is -0.478 e. The predicted octanol–water partition coefficient (Wildman–Crippen LogP) is 6.25. The van der Waals surface area contributed by atoms with Crippen molar-refractivity contribution in [2.24, 2.45) is 0 Å². The van der Waals surface area contributed by atoms with E-state index in [-0.39, 0.29) is 5.41 Å². The predicted molar refractivity (Wildman–Crippen MR) is 102 cm³/mol. The Balaban J connectivity index is 2.45. The number of hydrogen-bond donors (Lipinski definition) is 0. The van der Waals surface area contributed by atoms with Crippen LogP contribution in [0.25, 0.3) is 22.0 Å². The van der Waals surface area contributed by atoms with Gasteiger partial charge in [-0.25, -0.2) is 4.98 Å². The average Bonchev–Trinajstić information content (AvgIpc) is 2.54. The van der Waals surface area contributed by atoms with E-state index in [1.807, 2.05) is 43.3 Å². The number of ether oxygens (including phenoxy) is 1. The Kier molecular flexibility index (Phi) is 4.51. The summed E-state index contributed by atoms with van der Waals surface area (Å²) in [6, 6.07) is 16.2. The third-order valence-corrected chi connectivity index (χ3v) is 4.24. The molecule has 0 bridgehead atoms. The van der Waals surface area contributed by atoms with E-state index < -0.39 is 0 Å². The minimum absolute atomic E-state index is 0.0775. The SMILES string of the molecule is CCOc1nc(-c2ccccc2)c(C(C)(C)C)c2cc(Cl)ccc12. The molecule has 0 aliphatic heterocycles. The standard InChI is InChI=1S/C21H22ClNO/c1-5-24-20-16-12-11-15(22)13-17(16)18(21(2,3)4)19(23-20)14-9-7-6-8-10-14/h6-13H,5H2,1-4H3. The van der Waals surface area contributed by atoms with Crippen molar-refractivity contribution in [1.29, 1.82) is 0 Å². The van der Waals surface area contributed by atoms with E-state index in [1.54, 1.807) is 0 Å². The fraction of sp³-hybridized carbons (Fsp3) is 0.286. The molecule has 0 saturated heterocycles. The molecule has 0 aliphatic carbocycles. The van der Waals surface area contributed by atoms with Crippen molar-refractivity contribution in [3.8, 4) is 17.1 Å². The van der Waals surface area contributed by atoms with Crippen molar-refractivity contribution < 1.29 is 4.74 Å². The Morgan fingerprint density at radius 2 is 1.71 bits per heavy atom. The van der Waals surface area contributed by atoms with Crippen LogP contribution in [-0.2, 0) is 5.41 Å². The van der Waals surface area contributed by atoms with Crippen LogP contribution in [0.3, 0.4) is 0 Å². The molecule has 0 unspecified atom stereocenters. The monoisotopic (exact) mass is 339 g/mol. The van der Waals surface area contributed by atoms with Gasteiger partial charge in [0.1, 0.15) is 0 Å². The average molecular weight is 340 g/mol. The van der Waals surface area contributed by atoms with Gasteiger partial charge in [0.25, 0.3) is 0 Å². The van der Waals surface area contributed by atoms with Gasteiger partial charge < -0.3 is 4.74 Å². The number of rotatable bonds is 3. The summed E-state index contributed by atoms with van der Waals surface area (Å²) in [6.45, 7) is 9.17. The van der Waals surface area contributed by atoms with Gasteiger partial charge in [0, 0.05) is 16.0 Å². The van der Waals surface area contributed by atoms with Gasteiger partial charge in [0.05, 0.1) is 12.3 Å². The summed E-state index contributed by atoms with van der Waals surface area (Å²) in [5, 5.41) is 2.83. The molecule has 3 aromatic rings. The summed E-state index contributed by atoms with van der Waals surface area (Å²) in [4.78, 5) is 4.89. The smallest absolute Gasteiger partial charge is 0.221 e. The molecule has 1 aromatic heterocycles. The van der Waals surface area contributed by atoms with Crippen LogP contribution in [0.1, 0.15) is 33.3 Å². The number of halogens is 1. The lowest BCUT2D eigenvalue weighted by Crippen LogP contribution is -2.15. The molecule has 0 aliphatic rings. The van der Waals surface area contributed by atoms with Crippen molar-refractivity contribution >= 4 is 22.4 Å². The van der Waals surface area contributed by atoms with E-state index in [4.69, 9.17) is 21.3 Å². The van der Waals surface area contributed by atoms with Gasteiger partial charge in [-0.3, -0.25) is 0 Å². The van der Waals surface area contributed by atoms with Crippen molar-refractivity contribution in [1.82, 2.24) is 4.98 Å². The van der Waals surface area contributed by atoms with Crippen LogP contribution in [0.15, 0.2) is 48.5 Å². The molecule has 0 saturated carbocycles. The summed E-state index contributed by atoms with van der Waals surface area (Å²) in [5.74, 6) is 0.663. The molecule has 1 heterocycles. The number of nitrogens with zero attached hydrogens (tertiary/aromatic N) is 1. The Morgan fingerprint density at radius 1 is 1.00 bits per heavy atom. The molecular formula is C21H22ClNO. The highest BCUT2D eigenvalue weighted by Gasteiger charge is 2.25. The molecule has 0 N–H and O–H groups in total. The van der Waals surface area contributed by atoms with Crippen molar-refractivity contribution in [2.75, 3.05) is 6.61 Å². The van der Waals surface area contributed by atoms with Crippen molar-refractivity contribution in [2.45, 2.75) is 33.1 Å². The van der Waals surface area contributed by atoms with Gasteiger partial charge >= 0.3 is 0 Å². The first-order valence-electron chi connectivity index (χ1n) is 8.23.